The van der Waals surface area contributed by atoms with Crippen LogP contribution >= 0.6 is 23.4 Å². The zero-order chi connectivity index (χ0) is 18.3. The van der Waals surface area contributed by atoms with Crippen LogP contribution in [0.2, 0.25) is 5.02 Å². The van der Waals surface area contributed by atoms with Crippen LogP contribution in [0.5, 0.6) is 0 Å². The Kier molecular flexibility index (Phi) is 4.46. The van der Waals surface area contributed by atoms with E-state index in [1.807, 2.05) is 49.0 Å². The molecule has 0 amide bonds. The summed E-state index contributed by atoms with van der Waals surface area (Å²) in [5.41, 5.74) is 4.27. The van der Waals surface area contributed by atoms with Gasteiger partial charge in [0.2, 0.25) is 0 Å². The van der Waals surface area contributed by atoms with Crippen molar-refractivity contribution in [1.82, 2.24) is 24.3 Å². The Bertz CT molecular complexity index is 1100. The number of rotatable bonds is 4. The highest BCUT2D eigenvalue weighted by molar-refractivity contribution is 7.98. The molecule has 7 heteroatoms. The van der Waals surface area contributed by atoms with Crippen LogP contribution < -0.4 is 0 Å². The highest BCUT2D eigenvalue weighted by Crippen LogP contribution is 2.28. The first-order valence-corrected chi connectivity index (χ1v) is 9.60. The predicted octanol–water partition coefficient (Wildman–Crippen LogP) is 4.62. The van der Waals surface area contributed by atoms with Crippen LogP contribution in [0.1, 0.15) is 11.4 Å². The van der Waals surface area contributed by atoms with E-state index in [1.165, 1.54) is 5.56 Å². The van der Waals surface area contributed by atoms with E-state index in [0.29, 0.717) is 10.8 Å². The van der Waals surface area contributed by atoms with Gasteiger partial charge in [-0.05, 0) is 30.7 Å². The molecule has 2 aromatic heterocycles. The summed E-state index contributed by atoms with van der Waals surface area (Å²) in [6.45, 7) is 2.08. The summed E-state index contributed by atoms with van der Waals surface area (Å²) in [5, 5.41) is 10.3. The monoisotopic (exact) mass is 383 g/mol. The standard InChI is InChI=1S/C19H18ClN5S/c1-12-6-4-5-7-14(12)18-22-23-19(25(18)3)26-11-17-21-15-10-13(20)8-9-16(15)24(17)2/h4-10H,11H2,1-3H3. The van der Waals surface area contributed by atoms with Crippen LogP contribution in [0.3, 0.4) is 0 Å². The fourth-order valence-electron chi connectivity index (χ4n) is 2.98. The first-order chi connectivity index (χ1) is 12.5. The lowest BCUT2D eigenvalue weighted by Gasteiger charge is -2.06. The molecule has 2 heterocycles. The van der Waals surface area contributed by atoms with Gasteiger partial charge < -0.3 is 9.13 Å². The molecule has 0 spiro atoms. The van der Waals surface area contributed by atoms with Crippen molar-refractivity contribution in [3.05, 3.63) is 58.9 Å². The topological polar surface area (TPSA) is 48.5 Å². The summed E-state index contributed by atoms with van der Waals surface area (Å²) in [7, 11) is 4.02. The van der Waals surface area contributed by atoms with Crippen LogP contribution in [0.4, 0.5) is 0 Å². The molecule has 0 saturated carbocycles. The van der Waals surface area contributed by atoms with E-state index >= 15 is 0 Å². The predicted molar refractivity (Wildman–Crippen MR) is 106 cm³/mol. The average molecular weight is 384 g/mol. The Morgan fingerprint density at radius 2 is 1.85 bits per heavy atom. The third kappa shape index (κ3) is 2.99. The molecule has 0 unspecified atom stereocenters. The summed E-state index contributed by atoms with van der Waals surface area (Å²) in [6.07, 6.45) is 0. The second kappa shape index (κ2) is 6.78. The summed E-state index contributed by atoms with van der Waals surface area (Å²) in [4.78, 5) is 4.70. The first kappa shape index (κ1) is 17.1. The average Bonchev–Trinajstić information content (AvgIpc) is 3.13. The number of hydrogen-bond donors (Lipinski definition) is 0. The highest BCUT2D eigenvalue weighted by atomic mass is 35.5. The zero-order valence-corrected chi connectivity index (χ0v) is 16.3. The number of thioether (sulfide) groups is 1. The molecule has 5 nitrogen and oxygen atoms in total. The minimum Gasteiger partial charge on any atom is -0.330 e. The van der Waals surface area contributed by atoms with Crippen molar-refractivity contribution in [2.45, 2.75) is 17.8 Å². The number of nitrogens with zero attached hydrogens (tertiary/aromatic N) is 5. The maximum absolute atomic E-state index is 6.07. The second-order valence-corrected chi connectivity index (χ2v) is 7.57. The van der Waals surface area contributed by atoms with Gasteiger partial charge in [0.1, 0.15) is 5.82 Å². The molecule has 4 rings (SSSR count). The van der Waals surface area contributed by atoms with Gasteiger partial charge in [0, 0.05) is 24.7 Å². The van der Waals surface area contributed by atoms with Gasteiger partial charge in [-0.25, -0.2) is 4.98 Å². The number of halogens is 1. The number of hydrogen-bond acceptors (Lipinski definition) is 4. The fraction of sp³-hybridized carbons (Fsp3) is 0.211. The van der Waals surface area contributed by atoms with Gasteiger partial charge in [-0.15, -0.1) is 10.2 Å². The Labute approximate surface area is 161 Å². The number of fused-ring (bicyclic) bond motifs is 1. The van der Waals surface area contributed by atoms with E-state index in [9.17, 15) is 0 Å². The van der Waals surface area contributed by atoms with Crippen LogP contribution in [0, 0.1) is 6.92 Å². The minimum absolute atomic E-state index is 0.700. The minimum atomic E-state index is 0.700. The van der Waals surface area contributed by atoms with Crippen molar-refractivity contribution in [1.29, 1.82) is 0 Å². The fourth-order valence-corrected chi connectivity index (χ4v) is 4.04. The summed E-state index contributed by atoms with van der Waals surface area (Å²) in [6, 6.07) is 14.0. The lowest BCUT2D eigenvalue weighted by Crippen LogP contribution is -1.99. The summed E-state index contributed by atoms with van der Waals surface area (Å²) >= 11 is 7.70. The van der Waals surface area contributed by atoms with Crippen molar-refractivity contribution in [3.63, 3.8) is 0 Å². The molecule has 0 saturated heterocycles. The lowest BCUT2D eigenvalue weighted by atomic mass is 10.1. The first-order valence-electron chi connectivity index (χ1n) is 8.23. The van der Waals surface area contributed by atoms with Crippen molar-refractivity contribution in [3.8, 4) is 11.4 Å². The van der Waals surface area contributed by atoms with Crippen LogP contribution in [-0.4, -0.2) is 24.3 Å². The zero-order valence-electron chi connectivity index (χ0n) is 14.8. The number of imidazole rings is 1. The van der Waals surface area contributed by atoms with Gasteiger partial charge in [0.25, 0.3) is 0 Å². The van der Waals surface area contributed by atoms with Gasteiger partial charge in [-0.3, -0.25) is 0 Å². The SMILES string of the molecule is Cc1ccccc1-c1nnc(SCc2nc3cc(Cl)ccc3n2C)n1C. The molecule has 0 aliphatic carbocycles. The molecule has 4 aromatic rings. The van der Waals surface area contributed by atoms with Crippen LogP contribution in [-0.2, 0) is 19.8 Å². The summed E-state index contributed by atoms with van der Waals surface area (Å²) < 4.78 is 4.13. The Morgan fingerprint density at radius 1 is 1.04 bits per heavy atom. The molecular formula is C19H18ClN5S. The molecule has 0 fully saturated rings. The largest absolute Gasteiger partial charge is 0.330 e. The van der Waals surface area contributed by atoms with Gasteiger partial charge in [-0.1, -0.05) is 47.6 Å². The maximum Gasteiger partial charge on any atom is 0.191 e. The lowest BCUT2D eigenvalue weighted by molar-refractivity contribution is 0.790. The molecular weight excluding hydrogens is 366 g/mol. The molecule has 26 heavy (non-hydrogen) atoms. The molecule has 0 radical (unpaired) electrons. The van der Waals surface area contributed by atoms with Crippen LogP contribution in [0.15, 0.2) is 47.6 Å². The van der Waals surface area contributed by atoms with Crippen molar-refractivity contribution in [2.24, 2.45) is 14.1 Å². The van der Waals surface area contributed by atoms with E-state index < -0.39 is 0 Å². The quantitative estimate of drug-likeness (QED) is 0.482. The maximum atomic E-state index is 6.07. The van der Waals surface area contributed by atoms with E-state index in [4.69, 9.17) is 16.6 Å². The van der Waals surface area contributed by atoms with E-state index in [-0.39, 0.29) is 0 Å². The molecule has 2 aromatic carbocycles. The Balaban J connectivity index is 1.60. The van der Waals surface area contributed by atoms with Gasteiger partial charge in [-0.2, -0.15) is 0 Å². The van der Waals surface area contributed by atoms with E-state index in [2.05, 4.69) is 33.8 Å². The molecule has 0 bridgehead atoms. The van der Waals surface area contributed by atoms with Gasteiger partial charge in [0.15, 0.2) is 11.0 Å². The van der Waals surface area contributed by atoms with Crippen molar-refractivity contribution in [2.75, 3.05) is 0 Å². The normalized spacial score (nSPS) is 11.4. The molecule has 0 aliphatic heterocycles. The Morgan fingerprint density at radius 3 is 2.65 bits per heavy atom. The highest BCUT2D eigenvalue weighted by Gasteiger charge is 2.15. The van der Waals surface area contributed by atoms with Crippen LogP contribution in [0.25, 0.3) is 22.4 Å². The smallest absolute Gasteiger partial charge is 0.191 e. The van der Waals surface area contributed by atoms with Gasteiger partial charge in [0.05, 0.1) is 16.8 Å². The van der Waals surface area contributed by atoms with E-state index in [1.54, 1.807) is 11.8 Å². The molecule has 0 aliphatic rings. The molecule has 0 N–H and O–H groups in total. The van der Waals surface area contributed by atoms with E-state index in [0.717, 1.165) is 33.4 Å². The number of aryl methyl sites for hydroxylation is 2. The third-order valence-corrected chi connectivity index (χ3v) is 5.74. The van der Waals surface area contributed by atoms with Gasteiger partial charge >= 0.3 is 0 Å². The third-order valence-electron chi connectivity index (χ3n) is 4.49. The molecule has 132 valence electrons. The van der Waals surface area contributed by atoms with Crippen molar-refractivity contribution < 1.29 is 0 Å². The number of aromatic nitrogens is 5. The summed E-state index contributed by atoms with van der Waals surface area (Å²) in [5.74, 6) is 2.57. The van der Waals surface area contributed by atoms with Crippen molar-refractivity contribution >= 4 is 34.4 Å². The molecule has 0 atom stereocenters. The Hall–Kier alpha value is -2.31. The number of benzene rings is 2. The second-order valence-electron chi connectivity index (χ2n) is 6.19.